The molecule has 0 spiro atoms. The number of rotatable bonds is 7. The van der Waals surface area contributed by atoms with Gasteiger partial charge >= 0.3 is 0 Å². The molecule has 3 aromatic rings. The lowest BCUT2D eigenvalue weighted by Crippen LogP contribution is -2.29. The van der Waals surface area contributed by atoms with Crippen LogP contribution in [0.3, 0.4) is 0 Å². The fourth-order valence-electron chi connectivity index (χ4n) is 3.82. The fourth-order valence-corrected chi connectivity index (χ4v) is 4.70. The van der Waals surface area contributed by atoms with Crippen molar-refractivity contribution >= 4 is 23.4 Å². The predicted octanol–water partition coefficient (Wildman–Crippen LogP) is 4.93. The SMILES string of the molecule is Cc1noc(CSc2ccccc2C(=O)N(C)Cc2ccc(N3CCCCC3)cc2)n1. The van der Waals surface area contributed by atoms with Crippen LogP contribution in [0.15, 0.2) is 57.9 Å². The maximum Gasteiger partial charge on any atom is 0.255 e. The zero-order chi connectivity index (χ0) is 21.6. The van der Waals surface area contributed by atoms with Crippen molar-refractivity contribution < 1.29 is 9.32 Å². The van der Waals surface area contributed by atoms with Crippen LogP contribution in [0.25, 0.3) is 0 Å². The van der Waals surface area contributed by atoms with E-state index in [1.165, 1.54) is 36.7 Å². The number of nitrogens with zero attached hydrogens (tertiary/aromatic N) is 4. The van der Waals surface area contributed by atoms with Crippen LogP contribution in [0.2, 0.25) is 0 Å². The Morgan fingerprint density at radius 2 is 1.84 bits per heavy atom. The van der Waals surface area contributed by atoms with E-state index in [1.807, 2.05) is 31.3 Å². The minimum Gasteiger partial charge on any atom is -0.372 e. The summed E-state index contributed by atoms with van der Waals surface area (Å²) in [7, 11) is 1.85. The average Bonchev–Trinajstić information content (AvgIpc) is 3.23. The Balaban J connectivity index is 1.39. The van der Waals surface area contributed by atoms with Gasteiger partial charge in [0, 0.05) is 37.3 Å². The van der Waals surface area contributed by atoms with E-state index < -0.39 is 0 Å². The Morgan fingerprint density at radius 1 is 1.10 bits per heavy atom. The third-order valence-electron chi connectivity index (χ3n) is 5.46. The van der Waals surface area contributed by atoms with E-state index >= 15 is 0 Å². The Hall–Kier alpha value is -2.80. The molecule has 0 saturated carbocycles. The quantitative estimate of drug-likeness (QED) is 0.489. The first-order chi connectivity index (χ1) is 15.1. The van der Waals surface area contributed by atoms with Gasteiger partial charge in [0.05, 0.1) is 11.3 Å². The van der Waals surface area contributed by atoms with Crippen LogP contribution in [0.5, 0.6) is 0 Å². The molecule has 0 unspecified atom stereocenters. The van der Waals surface area contributed by atoms with Gasteiger partial charge in [0.2, 0.25) is 5.89 Å². The van der Waals surface area contributed by atoms with Crippen molar-refractivity contribution in [1.29, 1.82) is 0 Å². The molecule has 1 aliphatic rings. The van der Waals surface area contributed by atoms with Gasteiger partial charge in [-0.15, -0.1) is 11.8 Å². The molecule has 1 saturated heterocycles. The van der Waals surface area contributed by atoms with Gasteiger partial charge in [0.25, 0.3) is 5.91 Å². The molecule has 0 aliphatic carbocycles. The first kappa shape index (κ1) is 21.4. The Bertz CT molecular complexity index is 1010. The molecule has 1 aliphatic heterocycles. The van der Waals surface area contributed by atoms with E-state index in [0.717, 1.165) is 23.5 Å². The molecule has 1 aromatic heterocycles. The minimum atomic E-state index is 0.00455. The van der Waals surface area contributed by atoms with E-state index in [1.54, 1.807) is 11.8 Å². The van der Waals surface area contributed by atoms with Crippen LogP contribution in [0.1, 0.15) is 46.9 Å². The van der Waals surface area contributed by atoms with E-state index in [0.29, 0.717) is 29.6 Å². The molecule has 162 valence electrons. The number of piperidine rings is 1. The number of aromatic nitrogens is 2. The zero-order valence-electron chi connectivity index (χ0n) is 18.1. The summed E-state index contributed by atoms with van der Waals surface area (Å²) in [4.78, 5) is 22.5. The predicted molar refractivity (Wildman–Crippen MR) is 123 cm³/mol. The highest BCUT2D eigenvalue weighted by Crippen LogP contribution is 2.27. The molecule has 6 nitrogen and oxygen atoms in total. The number of carbonyl (C=O) groups is 1. The van der Waals surface area contributed by atoms with Crippen LogP contribution in [-0.2, 0) is 12.3 Å². The average molecular weight is 437 g/mol. The summed E-state index contributed by atoms with van der Waals surface area (Å²) >= 11 is 1.53. The van der Waals surface area contributed by atoms with Crippen LogP contribution in [0, 0.1) is 6.92 Å². The molecule has 31 heavy (non-hydrogen) atoms. The molecular formula is C24H28N4O2S. The highest BCUT2D eigenvalue weighted by atomic mass is 32.2. The second kappa shape index (κ2) is 10.0. The number of amides is 1. The maximum absolute atomic E-state index is 13.2. The van der Waals surface area contributed by atoms with E-state index in [2.05, 4.69) is 39.3 Å². The molecule has 7 heteroatoms. The van der Waals surface area contributed by atoms with Crippen molar-refractivity contribution in [3.8, 4) is 0 Å². The number of hydrogen-bond acceptors (Lipinski definition) is 6. The van der Waals surface area contributed by atoms with Crippen LogP contribution < -0.4 is 4.90 Å². The maximum atomic E-state index is 13.2. The van der Waals surface area contributed by atoms with Gasteiger partial charge in [-0.3, -0.25) is 4.79 Å². The molecule has 1 amide bonds. The lowest BCUT2D eigenvalue weighted by Gasteiger charge is -2.29. The highest BCUT2D eigenvalue weighted by molar-refractivity contribution is 7.98. The van der Waals surface area contributed by atoms with Gasteiger partial charge < -0.3 is 14.3 Å². The highest BCUT2D eigenvalue weighted by Gasteiger charge is 2.17. The molecule has 0 atom stereocenters. The van der Waals surface area contributed by atoms with Crippen LogP contribution in [-0.4, -0.2) is 41.1 Å². The lowest BCUT2D eigenvalue weighted by atomic mass is 10.1. The summed E-state index contributed by atoms with van der Waals surface area (Å²) in [6.45, 7) is 4.63. The molecule has 0 bridgehead atoms. The number of aryl methyl sites for hydroxylation is 1. The molecule has 2 aromatic carbocycles. The van der Waals surface area contributed by atoms with Crippen molar-refractivity contribution in [2.75, 3.05) is 25.0 Å². The Kier molecular flexibility index (Phi) is 6.92. The Labute approximate surface area is 187 Å². The number of benzene rings is 2. The number of carbonyl (C=O) groups excluding carboxylic acids is 1. The summed E-state index contributed by atoms with van der Waals surface area (Å²) in [5.41, 5.74) is 3.09. The second-order valence-electron chi connectivity index (χ2n) is 7.90. The van der Waals surface area contributed by atoms with Crippen molar-refractivity contribution in [1.82, 2.24) is 15.0 Å². The fraction of sp³-hybridized carbons (Fsp3) is 0.375. The standard InChI is InChI=1S/C24H28N4O2S/c1-18-25-23(30-26-18)17-31-22-9-5-4-8-21(22)24(29)27(2)16-19-10-12-20(13-11-19)28-14-6-3-7-15-28/h4-5,8-13H,3,6-7,14-17H2,1-2H3. The third kappa shape index (κ3) is 5.47. The van der Waals surface area contributed by atoms with Gasteiger partial charge in [0.1, 0.15) is 0 Å². The summed E-state index contributed by atoms with van der Waals surface area (Å²) in [5.74, 6) is 1.72. The summed E-state index contributed by atoms with van der Waals surface area (Å²) in [6.07, 6.45) is 3.86. The topological polar surface area (TPSA) is 62.5 Å². The van der Waals surface area contributed by atoms with Crippen molar-refractivity contribution in [3.05, 3.63) is 71.4 Å². The molecule has 4 rings (SSSR count). The molecule has 1 fully saturated rings. The monoisotopic (exact) mass is 436 g/mol. The molecule has 2 heterocycles. The number of thioether (sulfide) groups is 1. The van der Waals surface area contributed by atoms with Gasteiger partial charge in [-0.2, -0.15) is 4.98 Å². The minimum absolute atomic E-state index is 0.00455. The van der Waals surface area contributed by atoms with Gasteiger partial charge in [-0.1, -0.05) is 29.4 Å². The largest absolute Gasteiger partial charge is 0.372 e. The number of hydrogen-bond donors (Lipinski definition) is 0. The van der Waals surface area contributed by atoms with Crippen molar-refractivity contribution in [3.63, 3.8) is 0 Å². The molecular weight excluding hydrogens is 408 g/mol. The van der Waals surface area contributed by atoms with Crippen LogP contribution >= 0.6 is 11.8 Å². The number of anilines is 1. The summed E-state index contributed by atoms with van der Waals surface area (Å²) in [6, 6.07) is 16.3. The van der Waals surface area contributed by atoms with Gasteiger partial charge in [0.15, 0.2) is 5.82 Å². The summed E-state index contributed by atoms with van der Waals surface area (Å²) < 4.78 is 5.19. The van der Waals surface area contributed by atoms with Crippen molar-refractivity contribution in [2.24, 2.45) is 0 Å². The van der Waals surface area contributed by atoms with Gasteiger partial charge in [-0.05, 0) is 56.0 Å². The first-order valence-corrected chi connectivity index (χ1v) is 11.7. The summed E-state index contributed by atoms with van der Waals surface area (Å²) in [5, 5.41) is 3.82. The van der Waals surface area contributed by atoms with E-state index in [9.17, 15) is 4.79 Å². The molecule has 0 radical (unpaired) electrons. The zero-order valence-corrected chi connectivity index (χ0v) is 18.9. The Morgan fingerprint density at radius 3 is 2.55 bits per heavy atom. The van der Waals surface area contributed by atoms with Crippen molar-refractivity contribution in [2.45, 2.75) is 43.4 Å². The lowest BCUT2D eigenvalue weighted by molar-refractivity contribution is 0.0781. The van der Waals surface area contributed by atoms with E-state index in [4.69, 9.17) is 4.52 Å². The van der Waals surface area contributed by atoms with Gasteiger partial charge in [-0.25, -0.2) is 0 Å². The van der Waals surface area contributed by atoms with Crippen LogP contribution in [0.4, 0.5) is 5.69 Å². The van der Waals surface area contributed by atoms with E-state index in [-0.39, 0.29) is 5.91 Å². The second-order valence-corrected chi connectivity index (χ2v) is 8.91. The third-order valence-corrected chi connectivity index (χ3v) is 6.52. The molecule has 0 N–H and O–H groups in total. The normalized spacial score (nSPS) is 13.9. The smallest absolute Gasteiger partial charge is 0.255 e. The first-order valence-electron chi connectivity index (χ1n) is 10.7.